The van der Waals surface area contributed by atoms with Gasteiger partial charge in [-0.2, -0.15) is 0 Å². The standard InChI is InChI=1S/Al.Ga.In.O/q+3;+1;+3;-2. The summed E-state index contributed by atoms with van der Waals surface area (Å²) in [5.41, 5.74) is 0. The topological polar surface area (TPSA) is 28.5 Å². The molecule has 0 bridgehead atoms. The summed E-state index contributed by atoms with van der Waals surface area (Å²) in [4.78, 5) is 0. The van der Waals surface area contributed by atoms with Crippen LogP contribution in [0.1, 0.15) is 0 Å². The van der Waals surface area contributed by atoms with Gasteiger partial charge in [-0.15, -0.1) is 0 Å². The van der Waals surface area contributed by atoms with Crippen LogP contribution < -0.4 is 0 Å². The molecule has 0 aliphatic rings. The monoisotopic (exact) mass is 227 g/mol. The first kappa shape index (κ1) is 37.5. The van der Waals surface area contributed by atoms with Gasteiger partial charge >= 0.3 is 63.0 Å². The molecule has 0 spiro atoms. The van der Waals surface area contributed by atoms with E-state index in [9.17, 15) is 0 Å². The Morgan fingerprint density at radius 3 is 1.00 bits per heavy atom. The molecule has 10 valence electrons. The molecule has 0 saturated carbocycles. The van der Waals surface area contributed by atoms with Crippen molar-refractivity contribution in [2.24, 2.45) is 0 Å². The Bertz CT molecular complexity index is 8.00. The van der Waals surface area contributed by atoms with E-state index in [1.165, 1.54) is 0 Å². The summed E-state index contributed by atoms with van der Waals surface area (Å²) >= 11 is 0. The minimum Gasteiger partial charge on any atom is -2.00 e. The zero-order valence-electron chi connectivity index (χ0n) is 2.14. The number of rotatable bonds is 0. The Labute approximate surface area is 67.8 Å². The van der Waals surface area contributed by atoms with E-state index in [2.05, 4.69) is 0 Å². The third kappa shape index (κ3) is 9.00. The molecule has 2 radical (unpaired) electrons. The van der Waals surface area contributed by atoms with Gasteiger partial charge in [0, 0.05) is 0 Å². The van der Waals surface area contributed by atoms with Crippen molar-refractivity contribution >= 4 is 63.0 Å². The van der Waals surface area contributed by atoms with Gasteiger partial charge in [0.05, 0.1) is 0 Å². The zero-order chi connectivity index (χ0) is 0. The second-order valence-corrected chi connectivity index (χ2v) is 0. The van der Waals surface area contributed by atoms with Crippen LogP contribution in [0.15, 0.2) is 0 Å². The van der Waals surface area contributed by atoms with Crippen molar-refractivity contribution in [3.63, 3.8) is 0 Å². The SMILES string of the molecule is [Al+3].[Ga+].[In+3].[O-2]. The average Bonchev–Trinajstić information content (AvgIpc) is 0. The van der Waals surface area contributed by atoms with Crippen LogP contribution in [-0.4, -0.2) is 63.0 Å². The van der Waals surface area contributed by atoms with E-state index in [-0.39, 0.29) is 68.5 Å². The van der Waals surface area contributed by atoms with E-state index < -0.39 is 0 Å². The maximum atomic E-state index is 0. The van der Waals surface area contributed by atoms with Gasteiger partial charge in [-0.3, -0.25) is 0 Å². The molecule has 0 fully saturated rings. The molecule has 0 unspecified atom stereocenters. The van der Waals surface area contributed by atoms with Crippen LogP contribution in [0, 0.1) is 0 Å². The minimum absolute atomic E-state index is 0. The number of hydrogen-bond donors (Lipinski definition) is 0. The fourth-order valence-corrected chi connectivity index (χ4v) is 0. The van der Waals surface area contributed by atoms with Gasteiger partial charge in [0.25, 0.3) is 0 Å². The maximum absolute atomic E-state index is 0. The predicted octanol–water partition coefficient (Wildman–Crippen LogP) is -1.26. The third-order valence-corrected chi connectivity index (χ3v) is 0. The Hall–Kier alpha value is 2.00. The van der Waals surface area contributed by atoms with Crippen LogP contribution in [0.5, 0.6) is 0 Å². The minimum atomic E-state index is 0. The molecule has 4 heteroatoms. The molecular formula is AlGaInO+5. The second kappa shape index (κ2) is 20.0. The van der Waals surface area contributed by atoms with E-state index in [0.717, 1.165) is 0 Å². The van der Waals surface area contributed by atoms with Crippen LogP contribution in [-0.2, 0) is 5.48 Å². The van der Waals surface area contributed by atoms with Gasteiger partial charge in [0.15, 0.2) is 0 Å². The van der Waals surface area contributed by atoms with Gasteiger partial charge in [0.1, 0.15) is 0 Å². The molecule has 4 heavy (non-hydrogen) atoms. The molecule has 0 aromatic heterocycles. The van der Waals surface area contributed by atoms with E-state index in [0.29, 0.717) is 0 Å². The molecule has 1 nitrogen and oxygen atoms in total. The van der Waals surface area contributed by atoms with Crippen molar-refractivity contribution in [3.05, 3.63) is 0 Å². The normalized spacial score (nSPS) is 0. The van der Waals surface area contributed by atoms with E-state index in [1.807, 2.05) is 0 Å². The summed E-state index contributed by atoms with van der Waals surface area (Å²) in [7, 11) is 0. The average molecular weight is 228 g/mol. The smallest absolute Gasteiger partial charge is 2.00 e. The first-order valence-corrected chi connectivity index (χ1v) is 0. The Morgan fingerprint density at radius 2 is 1.00 bits per heavy atom. The summed E-state index contributed by atoms with van der Waals surface area (Å²) in [6, 6.07) is 0. The predicted molar refractivity (Wildman–Crippen MR) is 17.9 cm³/mol. The van der Waals surface area contributed by atoms with Gasteiger partial charge in [0.2, 0.25) is 0 Å². The largest absolute Gasteiger partial charge is 3.00 e. The Kier molecular flexibility index (Phi) is 188. The molecule has 0 aliphatic heterocycles. The zero-order valence-corrected chi connectivity index (χ0v) is 9.01. The van der Waals surface area contributed by atoms with Crippen molar-refractivity contribution in [2.45, 2.75) is 0 Å². The quantitative estimate of drug-likeness (QED) is 0.462. The molecule has 0 N–H and O–H groups in total. The van der Waals surface area contributed by atoms with Crippen molar-refractivity contribution in [1.29, 1.82) is 0 Å². The van der Waals surface area contributed by atoms with Gasteiger partial charge in [-0.05, 0) is 0 Å². The molecule has 0 rings (SSSR count). The molecule has 0 aliphatic carbocycles. The Morgan fingerprint density at radius 1 is 1.00 bits per heavy atom. The molecule has 0 aromatic carbocycles. The van der Waals surface area contributed by atoms with Crippen molar-refractivity contribution in [1.82, 2.24) is 0 Å². The van der Waals surface area contributed by atoms with Crippen LogP contribution >= 0.6 is 0 Å². The van der Waals surface area contributed by atoms with Crippen LogP contribution in [0.4, 0.5) is 0 Å². The summed E-state index contributed by atoms with van der Waals surface area (Å²) in [5.74, 6) is 0. The molecule has 0 heterocycles. The fourth-order valence-electron chi connectivity index (χ4n) is 0. The summed E-state index contributed by atoms with van der Waals surface area (Å²) in [6.07, 6.45) is 0. The summed E-state index contributed by atoms with van der Waals surface area (Å²) in [5, 5.41) is 0. The number of hydrogen-bond acceptors (Lipinski definition) is 0. The van der Waals surface area contributed by atoms with Crippen molar-refractivity contribution in [3.8, 4) is 0 Å². The van der Waals surface area contributed by atoms with Crippen LogP contribution in [0.25, 0.3) is 0 Å². The maximum Gasteiger partial charge on any atom is 3.00 e. The summed E-state index contributed by atoms with van der Waals surface area (Å²) < 4.78 is 0. The molecule has 0 aromatic rings. The molecular weight excluding hydrogens is 228 g/mol. The van der Waals surface area contributed by atoms with E-state index in [1.54, 1.807) is 0 Å². The van der Waals surface area contributed by atoms with Crippen LogP contribution in [0.2, 0.25) is 0 Å². The van der Waals surface area contributed by atoms with Crippen molar-refractivity contribution < 1.29 is 5.48 Å². The third-order valence-electron chi connectivity index (χ3n) is 0. The first-order valence-electron chi connectivity index (χ1n) is 0. The molecule has 0 saturated heterocycles. The van der Waals surface area contributed by atoms with Gasteiger partial charge in [-0.25, -0.2) is 0 Å². The molecule has 0 amide bonds. The van der Waals surface area contributed by atoms with E-state index >= 15 is 0 Å². The Balaban J connectivity index is 0. The van der Waals surface area contributed by atoms with Crippen LogP contribution in [0.3, 0.4) is 0 Å². The van der Waals surface area contributed by atoms with E-state index in [4.69, 9.17) is 0 Å². The fraction of sp³-hybridized carbons (Fsp3) is 0. The van der Waals surface area contributed by atoms with Gasteiger partial charge < -0.3 is 5.48 Å². The second-order valence-electron chi connectivity index (χ2n) is 0. The van der Waals surface area contributed by atoms with Gasteiger partial charge in [-0.1, -0.05) is 0 Å². The first-order chi connectivity index (χ1) is 0. The van der Waals surface area contributed by atoms with Crippen molar-refractivity contribution in [2.75, 3.05) is 0 Å². The molecule has 0 atom stereocenters. The summed E-state index contributed by atoms with van der Waals surface area (Å²) in [6.45, 7) is 0.